The number of aromatic nitrogens is 1. The van der Waals surface area contributed by atoms with E-state index in [1.807, 2.05) is 0 Å². The fourth-order valence-electron chi connectivity index (χ4n) is 3.01. The van der Waals surface area contributed by atoms with Crippen molar-refractivity contribution in [3.8, 4) is 0 Å². The zero-order valence-electron chi connectivity index (χ0n) is 12.5. The maximum absolute atomic E-state index is 12.9. The molecule has 1 aliphatic rings. The summed E-state index contributed by atoms with van der Waals surface area (Å²) in [5.41, 5.74) is 0.0655. The first-order chi connectivity index (χ1) is 11.3. The molecule has 1 aromatic heterocycles. The molecule has 2 heterocycles. The van der Waals surface area contributed by atoms with Crippen molar-refractivity contribution in [3.05, 3.63) is 40.1 Å². The normalized spacial score (nSPS) is 18.8. The Morgan fingerprint density at radius 2 is 2.12 bits per heavy atom. The van der Waals surface area contributed by atoms with Gasteiger partial charge < -0.3 is 9.88 Å². The van der Waals surface area contributed by atoms with Crippen LogP contribution in [0.3, 0.4) is 0 Å². The van der Waals surface area contributed by atoms with Gasteiger partial charge in [0.25, 0.3) is 11.6 Å². The zero-order valence-corrected chi connectivity index (χ0v) is 12.5. The van der Waals surface area contributed by atoms with Crippen molar-refractivity contribution in [2.75, 3.05) is 13.1 Å². The van der Waals surface area contributed by atoms with Gasteiger partial charge in [-0.3, -0.25) is 14.9 Å². The summed E-state index contributed by atoms with van der Waals surface area (Å²) in [5, 5.41) is 11.5. The molecule has 1 amide bonds. The first-order valence-electron chi connectivity index (χ1n) is 7.39. The number of carbonyl (C=O) groups is 1. The van der Waals surface area contributed by atoms with Crippen molar-refractivity contribution in [1.82, 2.24) is 9.88 Å². The molecule has 1 atom stereocenters. The van der Waals surface area contributed by atoms with Crippen LogP contribution in [-0.2, 0) is 0 Å². The van der Waals surface area contributed by atoms with E-state index in [1.54, 1.807) is 6.07 Å². The number of rotatable bonds is 2. The molecule has 0 spiro atoms. The third-order valence-corrected chi connectivity index (χ3v) is 4.23. The number of H-pyrrole nitrogens is 1. The molecule has 0 bridgehead atoms. The van der Waals surface area contributed by atoms with Gasteiger partial charge in [-0.1, -0.05) is 12.1 Å². The van der Waals surface area contributed by atoms with Crippen LogP contribution in [0.15, 0.2) is 24.3 Å². The minimum Gasteiger partial charge on any atom is -0.345 e. The average Bonchev–Trinajstić information content (AvgIpc) is 2.97. The van der Waals surface area contributed by atoms with Crippen molar-refractivity contribution in [2.24, 2.45) is 5.92 Å². The summed E-state index contributed by atoms with van der Waals surface area (Å²) in [6, 6.07) is 5.82. The minimum absolute atomic E-state index is 0.00541. The van der Waals surface area contributed by atoms with Crippen molar-refractivity contribution in [1.29, 1.82) is 0 Å². The molecule has 3 rings (SSSR count). The van der Waals surface area contributed by atoms with Crippen LogP contribution in [0, 0.1) is 16.0 Å². The van der Waals surface area contributed by atoms with Gasteiger partial charge in [-0.2, -0.15) is 13.2 Å². The largest absolute Gasteiger partial charge is 0.393 e. The second-order valence-corrected chi connectivity index (χ2v) is 5.81. The zero-order chi connectivity index (χ0) is 17.5. The van der Waals surface area contributed by atoms with E-state index in [0.29, 0.717) is 5.39 Å². The number of hydrogen-bond donors (Lipinski definition) is 1. The molecule has 2 aromatic rings. The Morgan fingerprint density at radius 3 is 2.79 bits per heavy atom. The molecule has 0 aliphatic carbocycles. The quantitative estimate of drug-likeness (QED) is 0.671. The predicted molar refractivity (Wildman–Crippen MR) is 79.6 cm³/mol. The van der Waals surface area contributed by atoms with Crippen molar-refractivity contribution in [3.63, 3.8) is 0 Å². The second kappa shape index (κ2) is 5.81. The fourth-order valence-corrected chi connectivity index (χ4v) is 3.01. The Labute approximate surface area is 134 Å². The first-order valence-corrected chi connectivity index (χ1v) is 7.39. The highest BCUT2D eigenvalue weighted by Crippen LogP contribution is 2.34. The van der Waals surface area contributed by atoms with E-state index in [-0.39, 0.29) is 42.8 Å². The van der Waals surface area contributed by atoms with E-state index in [1.165, 1.54) is 18.2 Å². The number of nitrogens with zero attached hydrogens (tertiary/aromatic N) is 2. The van der Waals surface area contributed by atoms with Crippen molar-refractivity contribution >= 4 is 22.5 Å². The number of fused-ring (bicyclic) bond motifs is 1. The van der Waals surface area contributed by atoms with Crippen LogP contribution in [0.5, 0.6) is 0 Å². The number of alkyl halides is 3. The molecule has 1 aromatic carbocycles. The molecule has 0 radical (unpaired) electrons. The number of nitrogens with one attached hydrogen (secondary N) is 1. The first kappa shape index (κ1) is 16.3. The number of nitro benzene ring substituents is 1. The van der Waals surface area contributed by atoms with Crippen LogP contribution in [-0.4, -0.2) is 40.0 Å². The summed E-state index contributed by atoms with van der Waals surface area (Å²) in [6.45, 7) is -0.150. The number of carbonyl (C=O) groups excluding carboxylic acids is 1. The standard InChI is InChI=1S/C15H14F3N3O3/c16-15(17,18)10-4-2-6-20(8-10)14(22)11-7-9-3-1-5-12(21(23)24)13(9)19-11/h1,3,5,7,10,19H,2,4,6,8H2/t10-/m1/s1. The number of aromatic amines is 1. The van der Waals surface area contributed by atoms with E-state index >= 15 is 0 Å². The van der Waals surface area contributed by atoms with Crippen LogP contribution >= 0.6 is 0 Å². The SMILES string of the molecule is O=C(c1cc2cccc([N+](=O)[O-])c2[nH]1)N1CCC[C@@H](C(F)(F)F)C1. The monoisotopic (exact) mass is 341 g/mol. The lowest BCUT2D eigenvalue weighted by molar-refractivity contribution is -0.383. The van der Waals surface area contributed by atoms with Gasteiger partial charge in [-0.05, 0) is 18.9 Å². The average molecular weight is 341 g/mol. The highest BCUT2D eigenvalue weighted by Gasteiger charge is 2.42. The lowest BCUT2D eigenvalue weighted by Crippen LogP contribution is -2.44. The summed E-state index contributed by atoms with van der Waals surface area (Å²) in [4.78, 5) is 26.8. The van der Waals surface area contributed by atoms with Crippen LogP contribution in [0.4, 0.5) is 18.9 Å². The van der Waals surface area contributed by atoms with Gasteiger partial charge in [-0.25, -0.2) is 0 Å². The highest BCUT2D eigenvalue weighted by molar-refractivity contribution is 6.00. The lowest BCUT2D eigenvalue weighted by Gasteiger charge is -2.33. The molecule has 1 saturated heterocycles. The van der Waals surface area contributed by atoms with Crippen LogP contribution < -0.4 is 0 Å². The maximum Gasteiger partial charge on any atom is 0.393 e. The summed E-state index contributed by atoms with van der Waals surface area (Å²) in [5.74, 6) is -2.11. The van der Waals surface area contributed by atoms with Gasteiger partial charge in [0.1, 0.15) is 11.2 Å². The lowest BCUT2D eigenvalue weighted by atomic mass is 9.97. The number of halogens is 3. The molecule has 9 heteroatoms. The van der Waals surface area contributed by atoms with E-state index in [2.05, 4.69) is 4.98 Å². The number of non-ortho nitro benzene ring substituents is 1. The third-order valence-electron chi connectivity index (χ3n) is 4.23. The number of hydrogen-bond acceptors (Lipinski definition) is 3. The molecule has 24 heavy (non-hydrogen) atoms. The second-order valence-electron chi connectivity index (χ2n) is 5.81. The Balaban J connectivity index is 1.89. The van der Waals surface area contributed by atoms with Crippen molar-refractivity contribution in [2.45, 2.75) is 19.0 Å². The molecular formula is C15H14F3N3O3. The molecule has 1 aliphatic heterocycles. The number of likely N-dealkylation sites (tertiary alicyclic amines) is 1. The Kier molecular flexibility index (Phi) is 3.94. The predicted octanol–water partition coefficient (Wildman–Crippen LogP) is 3.49. The van der Waals surface area contributed by atoms with Gasteiger partial charge in [0.2, 0.25) is 0 Å². The third kappa shape index (κ3) is 2.93. The van der Waals surface area contributed by atoms with Crippen LogP contribution in [0.1, 0.15) is 23.3 Å². The number of nitro groups is 1. The molecular weight excluding hydrogens is 327 g/mol. The summed E-state index contributed by atoms with van der Waals surface area (Å²) in [6.07, 6.45) is -4.06. The topological polar surface area (TPSA) is 79.2 Å². The Hall–Kier alpha value is -2.58. The Bertz CT molecular complexity index is 800. The number of amides is 1. The summed E-state index contributed by atoms with van der Waals surface area (Å²) in [7, 11) is 0. The molecule has 0 unspecified atom stereocenters. The van der Waals surface area contributed by atoms with Gasteiger partial charge >= 0.3 is 6.18 Å². The van der Waals surface area contributed by atoms with Gasteiger partial charge in [0.05, 0.1) is 10.8 Å². The Morgan fingerprint density at radius 1 is 1.38 bits per heavy atom. The van der Waals surface area contributed by atoms with E-state index in [9.17, 15) is 28.1 Å². The summed E-state index contributed by atoms with van der Waals surface area (Å²) < 4.78 is 38.6. The maximum atomic E-state index is 12.9. The van der Waals surface area contributed by atoms with Gasteiger partial charge in [0, 0.05) is 24.5 Å². The van der Waals surface area contributed by atoms with E-state index in [0.717, 1.165) is 4.90 Å². The molecule has 128 valence electrons. The smallest absolute Gasteiger partial charge is 0.345 e. The van der Waals surface area contributed by atoms with Crippen molar-refractivity contribution < 1.29 is 22.9 Å². The van der Waals surface area contributed by atoms with Crippen LogP contribution in [0.25, 0.3) is 10.9 Å². The fraction of sp³-hybridized carbons (Fsp3) is 0.400. The number of para-hydroxylation sites is 1. The van der Waals surface area contributed by atoms with Crippen LogP contribution in [0.2, 0.25) is 0 Å². The molecule has 1 fully saturated rings. The molecule has 0 saturated carbocycles. The molecule has 1 N–H and O–H groups in total. The summed E-state index contributed by atoms with van der Waals surface area (Å²) >= 11 is 0. The highest BCUT2D eigenvalue weighted by atomic mass is 19.4. The van der Waals surface area contributed by atoms with E-state index < -0.39 is 22.9 Å². The van der Waals surface area contributed by atoms with Gasteiger partial charge in [-0.15, -0.1) is 0 Å². The number of piperidine rings is 1. The van der Waals surface area contributed by atoms with E-state index in [4.69, 9.17) is 0 Å². The minimum atomic E-state index is -4.34. The van der Waals surface area contributed by atoms with Gasteiger partial charge in [0.15, 0.2) is 0 Å². The molecule has 6 nitrogen and oxygen atoms in total. The number of benzene rings is 1.